The molecule has 1 aliphatic rings. The first-order valence-electron chi connectivity index (χ1n) is 6.63. The van der Waals surface area contributed by atoms with E-state index in [1.165, 1.54) is 15.3 Å². The number of nitrogens with two attached hydrogens (primary N) is 1. The number of carbonyl (C=O) groups excluding carboxylic acids is 1. The van der Waals surface area contributed by atoms with E-state index in [0.29, 0.717) is 6.54 Å². The highest BCUT2D eigenvalue weighted by Gasteiger charge is 2.25. The van der Waals surface area contributed by atoms with Crippen LogP contribution in [0.5, 0.6) is 0 Å². The molecule has 0 saturated heterocycles. The molecule has 0 saturated carbocycles. The van der Waals surface area contributed by atoms with E-state index >= 15 is 0 Å². The maximum absolute atomic E-state index is 12.0. The fourth-order valence-electron chi connectivity index (χ4n) is 2.41. The van der Waals surface area contributed by atoms with Crippen molar-refractivity contribution in [2.45, 2.75) is 32.9 Å². The average molecular weight is 307 g/mol. The molecule has 3 rings (SSSR count). The van der Waals surface area contributed by atoms with Crippen LogP contribution in [0.4, 0.5) is 0 Å². The first-order chi connectivity index (χ1) is 9.54. The summed E-state index contributed by atoms with van der Waals surface area (Å²) < 4.78 is 0. The number of hydrogen-bond acceptors (Lipinski definition) is 5. The van der Waals surface area contributed by atoms with Gasteiger partial charge in [-0.1, -0.05) is 0 Å². The van der Waals surface area contributed by atoms with E-state index in [-0.39, 0.29) is 5.91 Å². The van der Waals surface area contributed by atoms with Crippen LogP contribution in [-0.2, 0) is 17.8 Å². The maximum atomic E-state index is 12.0. The summed E-state index contributed by atoms with van der Waals surface area (Å²) in [6.45, 7) is 5.21. The first-order valence-corrected chi connectivity index (χ1v) is 8.32. The summed E-state index contributed by atoms with van der Waals surface area (Å²) >= 11 is 3.47. The molecule has 4 nitrogen and oxygen atoms in total. The molecule has 1 atom stereocenters. The Hall–Kier alpha value is -1.24. The van der Waals surface area contributed by atoms with E-state index in [4.69, 9.17) is 5.73 Å². The van der Waals surface area contributed by atoms with Crippen molar-refractivity contribution in [3.63, 3.8) is 0 Å². The number of thiazole rings is 1. The standard InChI is InChI=1S/C14H17N3OS2/c1-8(15)14(18)17-4-3-12-10(6-17)5-13(20-12)11-7-19-9(2)16-11/h5,7-8H,3-4,6,15H2,1-2H3. The van der Waals surface area contributed by atoms with Gasteiger partial charge in [-0.15, -0.1) is 22.7 Å². The van der Waals surface area contributed by atoms with Crippen molar-refractivity contribution in [3.8, 4) is 10.6 Å². The lowest BCUT2D eigenvalue weighted by molar-refractivity contribution is -0.133. The number of aromatic nitrogens is 1. The van der Waals surface area contributed by atoms with Gasteiger partial charge >= 0.3 is 0 Å². The van der Waals surface area contributed by atoms with Crippen LogP contribution in [0.3, 0.4) is 0 Å². The van der Waals surface area contributed by atoms with Crippen LogP contribution in [0.2, 0.25) is 0 Å². The van der Waals surface area contributed by atoms with E-state index in [1.807, 2.05) is 11.8 Å². The molecular weight excluding hydrogens is 290 g/mol. The molecule has 0 spiro atoms. The minimum Gasteiger partial charge on any atom is -0.337 e. The van der Waals surface area contributed by atoms with E-state index < -0.39 is 6.04 Å². The highest BCUT2D eigenvalue weighted by Crippen LogP contribution is 2.35. The molecule has 20 heavy (non-hydrogen) atoms. The smallest absolute Gasteiger partial charge is 0.239 e. The Kier molecular flexibility index (Phi) is 3.62. The molecule has 6 heteroatoms. The molecule has 2 N–H and O–H groups in total. The summed E-state index contributed by atoms with van der Waals surface area (Å²) in [6, 6.07) is 1.76. The lowest BCUT2D eigenvalue weighted by Gasteiger charge is -2.28. The molecule has 1 aliphatic heterocycles. The average Bonchev–Trinajstić information content (AvgIpc) is 3.02. The van der Waals surface area contributed by atoms with Crippen molar-refractivity contribution in [2.24, 2.45) is 5.73 Å². The van der Waals surface area contributed by atoms with E-state index in [2.05, 4.69) is 16.4 Å². The molecule has 1 amide bonds. The number of rotatable bonds is 2. The second kappa shape index (κ2) is 5.27. The van der Waals surface area contributed by atoms with Gasteiger partial charge in [0.2, 0.25) is 5.91 Å². The van der Waals surface area contributed by atoms with Crippen LogP contribution < -0.4 is 5.73 Å². The molecule has 3 heterocycles. The van der Waals surface area contributed by atoms with Crippen LogP contribution in [0.1, 0.15) is 22.4 Å². The van der Waals surface area contributed by atoms with E-state index in [1.54, 1.807) is 29.6 Å². The van der Waals surface area contributed by atoms with Gasteiger partial charge in [-0.3, -0.25) is 4.79 Å². The van der Waals surface area contributed by atoms with E-state index in [0.717, 1.165) is 23.7 Å². The highest BCUT2D eigenvalue weighted by molar-refractivity contribution is 7.16. The van der Waals surface area contributed by atoms with Gasteiger partial charge < -0.3 is 10.6 Å². The lowest BCUT2D eigenvalue weighted by Crippen LogP contribution is -2.44. The second-order valence-corrected chi connectivity index (χ2v) is 7.31. The predicted molar refractivity (Wildman–Crippen MR) is 82.9 cm³/mol. The molecule has 1 unspecified atom stereocenters. The summed E-state index contributed by atoms with van der Waals surface area (Å²) in [4.78, 5) is 21.0. The summed E-state index contributed by atoms with van der Waals surface area (Å²) in [7, 11) is 0. The zero-order chi connectivity index (χ0) is 14.3. The van der Waals surface area contributed by atoms with Crippen LogP contribution in [0, 0.1) is 6.92 Å². The second-order valence-electron chi connectivity index (χ2n) is 5.11. The van der Waals surface area contributed by atoms with Gasteiger partial charge in [0.15, 0.2) is 0 Å². The quantitative estimate of drug-likeness (QED) is 0.927. The van der Waals surface area contributed by atoms with Gasteiger partial charge in [0.25, 0.3) is 0 Å². The molecular formula is C14H17N3OS2. The Bertz CT molecular complexity index is 645. The molecule has 0 fully saturated rings. The maximum Gasteiger partial charge on any atom is 0.239 e. The van der Waals surface area contributed by atoms with Crippen LogP contribution >= 0.6 is 22.7 Å². The fourth-order valence-corrected chi connectivity index (χ4v) is 4.22. The van der Waals surface area contributed by atoms with Crippen molar-refractivity contribution >= 4 is 28.6 Å². The van der Waals surface area contributed by atoms with E-state index in [9.17, 15) is 4.79 Å². The van der Waals surface area contributed by atoms with Crippen molar-refractivity contribution in [2.75, 3.05) is 6.54 Å². The van der Waals surface area contributed by atoms with Gasteiger partial charge in [-0.2, -0.15) is 0 Å². The van der Waals surface area contributed by atoms with Crippen molar-refractivity contribution in [1.82, 2.24) is 9.88 Å². The Balaban J connectivity index is 1.84. The number of amides is 1. The third kappa shape index (κ3) is 2.51. The van der Waals surface area contributed by atoms with Gasteiger partial charge in [-0.25, -0.2) is 4.98 Å². The highest BCUT2D eigenvalue weighted by atomic mass is 32.1. The number of aryl methyl sites for hydroxylation is 1. The first kappa shape index (κ1) is 13.7. The number of carbonyl (C=O) groups is 1. The minimum atomic E-state index is -0.421. The van der Waals surface area contributed by atoms with Crippen molar-refractivity contribution in [3.05, 3.63) is 26.9 Å². The Morgan fingerprint density at radius 2 is 2.35 bits per heavy atom. The topological polar surface area (TPSA) is 59.2 Å². The lowest BCUT2D eigenvalue weighted by atomic mass is 10.1. The van der Waals surface area contributed by atoms with Gasteiger partial charge in [0.05, 0.1) is 21.6 Å². The normalized spacial score (nSPS) is 16.1. The summed E-state index contributed by atoms with van der Waals surface area (Å²) in [5.74, 6) is 0.0351. The number of nitrogens with zero attached hydrogens (tertiary/aromatic N) is 2. The van der Waals surface area contributed by atoms with Gasteiger partial charge in [-0.05, 0) is 31.9 Å². The molecule has 2 aromatic heterocycles. The van der Waals surface area contributed by atoms with Crippen LogP contribution in [0.25, 0.3) is 10.6 Å². The molecule has 0 aliphatic carbocycles. The van der Waals surface area contributed by atoms with Gasteiger partial charge in [0, 0.05) is 23.3 Å². The third-order valence-corrected chi connectivity index (χ3v) is 5.47. The number of thiophene rings is 1. The molecule has 0 aromatic carbocycles. The summed E-state index contributed by atoms with van der Waals surface area (Å²) in [5, 5.41) is 3.18. The molecule has 0 radical (unpaired) electrons. The largest absolute Gasteiger partial charge is 0.337 e. The minimum absolute atomic E-state index is 0.0351. The number of fused-ring (bicyclic) bond motifs is 1. The van der Waals surface area contributed by atoms with Crippen molar-refractivity contribution < 1.29 is 4.79 Å². The predicted octanol–water partition coefficient (Wildman–Crippen LogP) is 2.41. The third-order valence-electron chi connectivity index (χ3n) is 3.44. The summed E-state index contributed by atoms with van der Waals surface area (Å²) in [5.41, 5.74) is 7.99. The van der Waals surface area contributed by atoms with Gasteiger partial charge in [0.1, 0.15) is 0 Å². The fraction of sp³-hybridized carbons (Fsp3) is 0.429. The zero-order valence-corrected chi connectivity index (χ0v) is 13.2. The monoisotopic (exact) mass is 307 g/mol. The Morgan fingerprint density at radius 3 is 3.00 bits per heavy atom. The molecule has 106 valence electrons. The zero-order valence-electron chi connectivity index (χ0n) is 11.5. The van der Waals surface area contributed by atoms with Crippen LogP contribution in [-0.4, -0.2) is 28.4 Å². The number of hydrogen-bond donors (Lipinski definition) is 1. The Morgan fingerprint density at radius 1 is 1.55 bits per heavy atom. The molecule has 2 aromatic rings. The molecule has 0 bridgehead atoms. The Labute approximate surface area is 126 Å². The van der Waals surface area contributed by atoms with Crippen LogP contribution in [0.15, 0.2) is 11.4 Å². The SMILES string of the molecule is Cc1nc(-c2cc3c(s2)CCN(C(=O)C(C)N)C3)cs1. The van der Waals surface area contributed by atoms with Crippen molar-refractivity contribution in [1.29, 1.82) is 0 Å². The summed E-state index contributed by atoms with van der Waals surface area (Å²) in [6.07, 6.45) is 0.918.